The van der Waals surface area contributed by atoms with Gasteiger partial charge in [-0.05, 0) is 39.3 Å². The van der Waals surface area contributed by atoms with Crippen molar-refractivity contribution in [3.8, 4) is 0 Å². The fraction of sp³-hybridized carbons (Fsp3) is 0.400. The number of allylic oxidation sites excluding steroid dienone is 3. The molecule has 1 aromatic rings. The molecule has 1 heterocycles. The summed E-state index contributed by atoms with van der Waals surface area (Å²) >= 11 is 0. The van der Waals surface area contributed by atoms with Crippen LogP contribution in [0.15, 0.2) is 46.8 Å². The van der Waals surface area contributed by atoms with Crippen molar-refractivity contribution in [2.45, 2.75) is 45.8 Å². The number of rotatable bonds is 7. The number of aliphatic carboxylic acids is 1. The van der Waals surface area contributed by atoms with Crippen LogP contribution in [0.4, 0.5) is 13.2 Å². The molecule has 1 aliphatic rings. The van der Waals surface area contributed by atoms with Gasteiger partial charge in [-0.25, -0.2) is 17.9 Å². The first kappa shape index (κ1) is 24.6. The minimum absolute atomic E-state index is 0.0787. The van der Waals surface area contributed by atoms with E-state index in [1.165, 1.54) is 19.9 Å². The van der Waals surface area contributed by atoms with E-state index in [-0.39, 0.29) is 28.1 Å². The Labute approximate surface area is 178 Å². The summed E-state index contributed by atoms with van der Waals surface area (Å²) in [6.07, 6.45) is -4.68. The maximum Gasteiger partial charge on any atom is 0.416 e. The van der Waals surface area contributed by atoms with Crippen LogP contribution in [0.5, 0.6) is 0 Å². The lowest BCUT2D eigenvalue weighted by Gasteiger charge is -2.30. The molecule has 0 saturated carbocycles. The summed E-state index contributed by atoms with van der Waals surface area (Å²) in [4.78, 5) is 24.9. The first-order chi connectivity index (χ1) is 14.1. The van der Waals surface area contributed by atoms with Crippen LogP contribution in [-0.4, -0.2) is 37.1 Å². The van der Waals surface area contributed by atoms with Crippen molar-refractivity contribution in [2.24, 2.45) is 0 Å². The van der Waals surface area contributed by atoms with Crippen molar-refractivity contribution in [1.29, 1.82) is 0 Å². The maximum absolute atomic E-state index is 13.2. The fourth-order valence-corrected chi connectivity index (χ4v) is 4.83. The summed E-state index contributed by atoms with van der Waals surface area (Å²) in [6.45, 7) is 5.99. The molecule has 1 aliphatic heterocycles. The van der Waals surface area contributed by atoms with Crippen LogP contribution in [0.25, 0.3) is 0 Å². The number of carbonyl (C=O) groups excluding carboxylic acids is 1. The number of dihydropyridines is 1. The average molecular weight is 460 g/mol. The molecule has 3 N–H and O–H groups in total. The van der Waals surface area contributed by atoms with E-state index in [1.54, 1.807) is 13.8 Å². The average Bonchev–Trinajstić information content (AvgIpc) is 2.58. The zero-order valence-corrected chi connectivity index (χ0v) is 18.1. The Morgan fingerprint density at radius 2 is 1.74 bits per heavy atom. The first-order valence-electron chi connectivity index (χ1n) is 9.26. The lowest BCUT2D eigenvalue weighted by atomic mass is 9.78. The van der Waals surface area contributed by atoms with Gasteiger partial charge in [0.2, 0.25) is 10.0 Å². The van der Waals surface area contributed by atoms with Crippen molar-refractivity contribution in [1.82, 2.24) is 10.0 Å². The minimum Gasteiger partial charge on any atom is -0.478 e. The van der Waals surface area contributed by atoms with Crippen LogP contribution < -0.4 is 10.0 Å². The Bertz CT molecular complexity index is 1070. The fourth-order valence-electron chi connectivity index (χ4n) is 3.53. The Kier molecular flexibility index (Phi) is 7.01. The number of ketones is 1. The second-order valence-corrected chi connectivity index (χ2v) is 9.27. The van der Waals surface area contributed by atoms with E-state index in [1.807, 2.05) is 0 Å². The molecule has 0 saturated heterocycles. The van der Waals surface area contributed by atoms with Gasteiger partial charge in [0, 0.05) is 28.9 Å². The number of sulfonamides is 1. The highest BCUT2D eigenvalue weighted by Gasteiger charge is 2.39. The van der Waals surface area contributed by atoms with E-state index >= 15 is 0 Å². The number of hydrogen-bond acceptors (Lipinski definition) is 5. The van der Waals surface area contributed by atoms with Gasteiger partial charge in [-0.1, -0.05) is 18.2 Å². The number of carbonyl (C=O) groups is 2. The number of carboxylic acid groups (broad SMARTS) is 1. The lowest BCUT2D eigenvalue weighted by Crippen LogP contribution is -2.38. The number of halogens is 3. The smallest absolute Gasteiger partial charge is 0.416 e. The molecule has 0 amide bonds. The summed E-state index contributed by atoms with van der Waals surface area (Å²) in [5, 5.41) is 12.5. The molecule has 0 aromatic heterocycles. The van der Waals surface area contributed by atoms with E-state index in [0.29, 0.717) is 0 Å². The molecule has 1 atom stereocenters. The highest BCUT2D eigenvalue weighted by atomic mass is 32.2. The van der Waals surface area contributed by atoms with Gasteiger partial charge in [0.25, 0.3) is 0 Å². The van der Waals surface area contributed by atoms with Crippen LogP contribution in [0.1, 0.15) is 44.7 Å². The van der Waals surface area contributed by atoms with E-state index in [2.05, 4.69) is 10.0 Å². The molecule has 0 radical (unpaired) electrons. The quantitative estimate of drug-likeness (QED) is 0.577. The molecule has 170 valence electrons. The monoisotopic (exact) mass is 460 g/mol. The van der Waals surface area contributed by atoms with Gasteiger partial charge in [-0.15, -0.1) is 0 Å². The molecule has 11 heteroatoms. The zero-order valence-electron chi connectivity index (χ0n) is 17.3. The van der Waals surface area contributed by atoms with Crippen molar-refractivity contribution in [2.75, 3.05) is 5.75 Å². The molecular formula is C20H23F3N2O5S. The van der Waals surface area contributed by atoms with Crippen molar-refractivity contribution in [3.05, 3.63) is 57.9 Å². The molecule has 0 spiro atoms. The molecule has 1 aromatic carbocycles. The van der Waals surface area contributed by atoms with Crippen molar-refractivity contribution < 1.29 is 36.3 Å². The van der Waals surface area contributed by atoms with E-state index in [0.717, 1.165) is 18.2 Å². The van der Waals surface area contributed by atoms with Crippen LogP contribution in [0.3, 0.4) is 0 Å². The Morgan fingerprint density at radius 3 is 2.26 bits per heavy atom. The standard InChI is InChI=1S/C20H23F3N2O5S/c1-10(2)25-31(29,30)9-15(26)16-11(3)24-12(4)17(19(27)28)18(16)13-6-5-7-14(8-13)20(21,22)23/h5-8,10,18,24-25H,9H2,1-4H3,(H,27,28). The molecule has 31 heavy (non-hydrogen) atoms. The molecule has 1 unspecified atom stereocenters. The van der Waals surface area contributed by atoms with Crippen molar-refractivity contribution >= 4 is 21.8 Å². The third kappa shape index (κ3) is 5.73. The number of alkyl halides is 3. The van der Waals surface area contributed by atoms with Gasteiger partial charge >= 0.3 is 12.1 Å². The highest BCUT2D eigenvalue weighted by Crippen LogP contribution is 2.40. The predicted molar refractivity (Wildman–Crippen MR) is 107 cm³/mol. The van der Waals surface area contributed by atoms with Gasteiger partial charge in [-0.2, -0.15) is 13.2 Å². The third-order valence-electron chi connectivity index (χ3n) is 4.57. The molecule has 0 aliphatic carbocycles. The highest BCUT2D eigenvalue weighted by molar-refractivity contribution is 7.90. The summed E-state index contributed by atoms with van der Waals surface area (Å²) in [7, 11) is -4.05. The van der Waals surface area contributed by atoms with Gasteiger partial charge in [0.1, 0.15) is 5.75 Å². The molecule has 2 rings (SSSR count). The van der Waals surface area contributed by atoms with Crippen LogP contribution >= 0.6 is 0 Å². The third-order valence-corrected chi connectivity index (χ3v) is 6.05. The van der Waals surface area contributed by atoms with E-state index in [4.69, 9.17) is 0 Å². The summed E-state index contributed by atoms with van der Waals surface area (Å²) in [5.74, 6) is -4.69. The van der Waals surface area contributed by atoms with Crippen LogP contribution in [-0.2, 0) is 25.8 Å². The number of carboxylic acids is 1. The largest absolute Gasteiger partial charge is 0.478 e. The number of hydrogen-bond donors (Lipinski definition) is 3. The number of benzene rings is 1. The second kappa shape index (κ2) is 8.83. The number of Topliss-reactive ketones (excluding diaryl/α,β-unsaturated/α-hetero) is 1. The summed E-state index contributed by atoms with van der Waals surface area (Å²) in [5.41, 5.74) is -1.31. The van der Waals surface area contributed by atoms with Gasteiger partial charge < -0.3 is 10.4 Å². The van der Waals surface area contributed by atoms with Gasteiger partial charge in [-0.3, -0.25) is 4.79 Å². The summed E-state index contributed by atoms with van der Waals surface area (Å²) < 4.78 is 66.5. The maximum atomic E-state index is 13.2. The Hall–Kier alpha value is -2.66. The van der Waals surface area contributed by atoms with E-state index in [9.17, 15) is 36.3 Å². The molecular weight excluding hydrogens is 437 g/mol. The molecule has 0 bridgehead atoms. The van der Waals surface area contributed by atoms with Crippen LogP contribution in [0.2, 0.25) is 0 Å². The van der Waals surface area contributed by atoms with Gasteiger partial charge in [0.05, 0.1) is 11.1 Å². The van der Waals surface area contributed by atoms with Crippen molar-refractivity contribution in [3.63, 3.8) is 0 Å². The molecule has 7 nitrogen and oxygen atoms in total. The topological polar surface area (TPSA) is 113 Å². The van der Waals surface area contributed by atoms with E-state index < -0.39 is 51.2 Å². The Balaban J connectivity index is 2.64. The van der Waals surface area contributed by atoms with Gasteiger partial charge in [0.15, 0.2) is 5.78 Å². The number of nitrogens with one attached hydrogen (secondary N) is 2. The lowest BCUT2D eigenvalue weighted by molar-refractivity contribution is -0.137. The second-order valence-electron chi connectivity index (χ2n) is 7.52. The zero-order chi connectivity index (χ0) is 23.7. The molecule has 0 fully saturated rings. The normalized spacial score (nSPS) is 17.7. The minimum atomic E-state index is -4.68. The Morgan fingerprint density at radius 1 is 1.16 bits per heavy atom. The SMILES string of the molecule is CC1=C(C(=O)O)C(c2cccc(C(F)(F)F)c2)C(C(=O)CS(=O)(=O)NC(C)C)=C(C)N1. The summed E-state index contributed by atoms with van der Waals surface area (Å²) in [6, 6.07) is 3.52. The predicted octanol–water partition coefficient (Wildman–Crippen LogP) is 2.92. The van der Waals surface area contributed by atoms with Crippen LogP contribution in [0, 0.1) is 0 Å². The first-order valence-corrected chi connectivity index (χ1v) is 10.9.